The van der Waals surface area contributed by atoms with E-state index in [2.05, 4.69) is 4.98 Å². The van der Waals surface area contributed by atoms with Crippen LogP contribution in [-0.4, -0.2) is 30.5 Å². The first-order valence-electron chi connectivity index (χ1n) is 8.77. The second-order valence-electron chi connectivity index (χ2n) is 6.46. The predicted octanol–water partition coefficient (Wildman–Crippen LogP) is 3.87. The topological polar surface area (TPSA) is 59.5 Å². The van der Waals surface area contributed by atoms with E-state index in [1.165, 1.54) is 30.6 Å². The lowest BCUT2D eigenvalue weighted by Crippen LogP contribution is -2.30. The number of nitrogens with zero attached hydrogens (tertiary/aromatic N) is 2. The lowest BCUT2D eigenvalue weighted by atomic mass is 10.1. The third kappa shape index (κ3) is 3.53. The quantitative estimate of drug-likeness (QED) is 0.628. The molecule has 1 aliphatic heterocycles. The first kappa shape index (κ1) is 18.3. The Hall–Kier alpha value is -3.06. The number of hydrogen-bond acceptors (Lipinski definition) is 5. The van der Waals surface area contributed by atoms with Crippen molar-refractivity contribution in [3.63, 3.8) is 0 Å². The van der Waals surface area contributed by atoms with Crippen molar-refractivity contribution in [3.05, 3.63) is 70.5 Å². The lowest BCUT2D eigenvalue weighted by Gasteiger charge is -2.17. The van der Waals surface area contributed by atoms with Gasteiger partial charge in [-0.2, -0.15) is 0 Å². The van der Waals surface area contributed by atoms with Gasteiger partial charge in [0.05, 0.1) is 24.8 Å². The molecular formula is C21H17FN2O3S. The fourth-order valence-electron chi connectivity index (χ4n) is 3.30. The average molecular weight is 396 g/mol. The van der Waals surface area contributed by atoms with Crippen LogP contribution in [0.15, 0.2) is 47.8 Å². The fraction of sp³-hybridized carbons (Fsp3) is 0.190. The number of fused-ring (bicyclic) bond motifs is 1. The molecule has 0 radical (unpaired) electrons. The van der Waals surface area contributed by atoms with E-state index in [0.29, 0.717) is 34.8 Å². The number of anilines is 1. The number of aromatic nitrogens is 1. The van der Waals surface area contributed by atoms with Crippen LogP contribution in [0.4, 0.5) is 10.1 Å². The minimum Gasteiger partial charge on any atom is -0.465 e. The molecule has 4 rings (SSSR count). The van der Waals surface area contributed by atoms with Gasteiger partial charge in [-0.05, 0) is 42.3 Å². The lowest BCUT2D eigenvalue weighted by molar-refractivity contribution is -0.117. The SMILES string of the molecule is COC(=O)c1ccc2c(c1)CCN2C(=O)Cc1csc(-c2cccc(F)c2)n1. The highest BCUT2D eigenvalue weighted by Gasteiger charge is 2.26. The van der Waals surface area contributed by atoms with Gasteiger partial charge in [-0.15, -0.1) is 11.3 Å². The molecule has 28 heavy (non-hydrogen) atoms. The smallest absolute Gasteiger partial charge is 0.337 e. The van der Waals surface area contributed by atoms with Gasteiger partial charge in [0.25, 0.3) is 0 Å². The van der Waals surface area contributed by atoms with Crippen LogP contribution in [-0.2, 0) is 22.4 Å². The van der Waals surface area contributed by atoms with Crippen molar-refractivity contribution < 1.29 is 18.7 Å². The van der Waals surface area contributed by atoms with E-state index in [-0.39, 0.29) is 24.1 Å². The largest absolute Gasteiger partial charge is 0.465 e. The number of methoxy groups -OCH3 is 1. The molecule has 0 spiro atoms. The minimum absolute atomic E-state index is 0.0549. The summed E-state index contributed by atoms with van der Waals surface area (Å²) in [5.74, 6) is -0.758. The number of halogens is 1. The zero-order valence-electron chi connectivity index (χ0n) is 15.1. The van der Waals surface area contributed by atoms with Crippen molar-refractivity contribution in [1.29, 1.82) is 0 Å². The van der Waals surface area contributed by atoms with Gasteiger partial charge in [0.2, 0.25) is 5.91 Å². The van der Waals surface area contributed by atoms with Gasteiger partial charge in [0.1, 0.15) is 10.8 Å². The van der Waals surface area contributed by atoms with Crippen LogP contribution in [0.2, 0.25) is 0 Å². The van der Waals surface area contributed by atoms with Crippen molar-refractivity contribution in [2.45, 2.75) is 12.8 Å². The molecule has 0 fully saturated rings. The van der Waals surface area contributed by atoms with Crippen molar-refractivity contribution in [1.82, 2.24) is 4.98 Å². The summed E-state index contributed by atoms with van der Waals surface area (Å²) < 4.78 is 18.1. The summed E-state index contributed by atoms with van der Waals surface area (Å²) in [6.45, 7) is 0.569. The second kappa shape index (κ2) is 7.52. The van der Waals surface area contributed by atoms with Crippen LogP contribution in [0, 0.1) is 5.82 Å². The molecule has 3 aromatic rings. The standard InChI is InChI=1S/C21H17FN2O3S/c1-27-21(26)15-5-6-18-13(9-15)7-8-24(18)19(25)11-17-12-28-20(23-17)14-3-2-4-16(22)10-14/h2-6,9-10,12H,7-8,11H2,1H3. The maximum atomic E-state index is 13.4. The van der Waals surface area contributed by atoms with Crippen molar-refractivity contribution in [2.75, 3.05) is 18.6 Å². The molecule has 0 bridgehead atoms. The van der Waals surface area contributed by atoms with E-state index < -0.39 is 0 Å². The zero-order chi connectivity index (χ0) is 19.7. The number of thiazole rings is 1. The summed E-state index contributed by atoms with van der Waals surface area (Å²) >= 11 is 1.39. The molecule has 0 unspecified atom stereocenters. The van der Waals surface area contributed by atoms with E-state index in [1.807, 2.05) is 5.38 Å². The second-order valence-corrected chi connectivity index (χ2v) is 7.32. The number of ether oxygens (including phenoxy) is 1. The highest BCUT2D eigenvalue weighted by molar-refractivity contribution is 7.13. The maximum Gasteiger partial charge on any atom is 0.337 e. The van der Waals surface area contributed by atoms with Gasteiger partial charge in [0, 0.05) is 23.2 Å². The molecule has 0 aliphatic carbocycles. The summed E-state index contributed by atoms with van der Waals surface area (Å²) in [5, 5.41) is 2.52. The molecule has 5 nitrogen and oxygen atoms in total. The van der Waals surface area contributed by atoms with Crippen LogP contribution in [0.1, 0.15) is 21.6 Å². The monoisotopic (exact) mass is 396 g/mol. The highest BCUT2D eigenvalue weighted by Crippen LogP contribution is 2.30. The van der Waals surface area contributed by atoms with Crippen LogP contribution in [0.25, 0.3) is 10.6 Å². The minimum atomic E-state index is -0.389. The third-order valence-corrected chi connectivity index (χ3v) is 5.59. The number of amides is 1. The maximum absolute atomic E-state index is 13.4. The number of hydrogen-bond donors (Lipinski definition) is 0. The Labute approximate surface area is 165 Å². The molecule has 142 valence electrons. The van der Waals surface area contributed by atoms with Gasteiger partial charge >= 0.3 is 5.97 Å². The van der Waals surface area contributed by atoms with Crippen molar-refractivity contribution >= 4 is 28.9 Å². The summed E-state index contributed by atoms with van der Waals surface area (Å²) in [6.07, 6.45) is 0.863. The van der Waals surface area contributed by atoms with E-state index >= 15 is 0 Å². The molecule has 0 saturated heterocycles. The predicted molar refractivity (Wildman–Crippen MR) is 105 cm³/mol. The first-order chi connectivity index (χ1) is 13.5. The Bertz CT molecular complexity index is 1060. The summed E-state index contributed by atoms with van der Waals surface area (Å²) in [7, 11) is 1.34. The van der Waals surface area contributed by atoms with E-state index in [1.54, 1.807) is 35.2 Å². The van der Waals surface area contributed by atoms with Gasteiger partial charge < -0.3 is 9.64 Å². The van der Waals surface area contributed by atoms with E-state index in [9.17, 15) is 14.0 Å². The van der Waals surface area contributed by atoms with Crippen molar-refractivity contribution in [3.8, 4) is 10.6 Å². The summed E-state index contributed by atoms with van der Waals surface area (Å²) in [5.41, 5.74) is 3.61. The number of carbonyl (C=O) groups excluding carboxylic acids is 2. The van der Waals surface area contributed by atoms with Crippen LogP contribution in [0.5, 0.6) is 0 Å². The Balaban J connectivity index is 1.49. The third-order valence-electron chi connectivity index (χ3n) is 4.65. The van der Waals surface area contributed by atoms with Gasteiger partial charge in [-0.3, -0.25) is 4.79 Å². The average Bonchev–Trinajstić information content (AvgIpc) is 3.33. The number of esters is 1. The number of carbonyl (C=O) groups is 2. The van der Waals surface area contributed by atoms with Crippen molar-refractivity contribution in [2.24, 2.45) is 0 Å². The molecule has 2 aromatic carbocycles. The Morgan fingerprint density at radius 2 is 2.11 bits per heavy atom. The highest BCUT2D eigenvalue weighted by atomic mass is 32.1. The van der Waals surface area contributed by atoms with Crippen LogP contribution < -0.4 is 4.90 Å². The molecule has 0 saturated carbocycles. The molecular weight excluding hydrogens is 379 g/mol. The molecule has 1 aromatic heterocycles. The molecule has 1 aliphatic rings. The molecule has 2 heterocycles. The summed E-state index contributed by atoms with van der Waals surface area (Å²) in [6, 6.07) is 11.5. The van der Waals surface area contributed by atoms with E-state index in [0.717, 1.165) is 11.3 Å². The van der Waals surface area contributed by atoms with Gasteiger partial charge in [-0.25, -0.2) is 14.2 Å². The molecule has 0 atom stereocenters. The normalized spacial score (nSPS) is 12.7. The Morgan fingerprint density at radius 1 is 1.25 bits per heavy atom. The summed E-state index contributed by atoms with van der Waals surface area (Å²) in [4.78, 5) is 30.7. The molecule has 7 heteroatoms. The number of rotatable bonds is 4. The van der Waals surface area contributed by atoms with Gasteiger partial charge in [-0.1, -0.05) is 12.1 Å². The Kier molecular flexibility index (Phi) is 4.92. The zero-order valence-corrected chi connectivity index (χ0v) is 16.0. The van der Waals surface area contributed by atoms with Crippen LogP contribution >= 0.6 is 11.3 Å². The first-order valence-corrected chi connectivity index (χ1v) is 9.65. The van der Waals surface area contributed by atoms with Gasteiger partial charge in [0.15, 0.2) is 0 Å². The Morgan fingerprint density at radius 3 is 2.89 bits per heavy atom. The van der Waals surface area contributed by atoms with Crippen LogP contribution in [0.3, 0.4) is 0 Å². The molecule has 0 N–H and O–H groups in total. The number of benzene rings is 2. The molecule has 1 amide bonds. The fourth-order valence-corrected chi connectivity index (χ4v) is 4.11. The van der Waals surface area contributed by atoms with E-state index in [4.69, 9.17) is 4.74 Å².